The summed E-state index contributed by atoms with van der Waals surface area (Å²) in [6.45, 7) is 0. The molecule has 2 heteroatoms. The Hall–Kier alpha value is -7.16. The summed E-state index contributed by atoms with van der Waals surface area (Å²) >= 11 is 0. The van der Waals surface area contributed by atoms with Gasteiger partial charge < -0.3 is 8.83 Å². The van der Waals surface area contributed by atoms with E-state index in [0.717, 1.165) is 66.1 Å². The molecule has 0 amide bonds. The van der Waals surface area contributed by atoms with E-state index in [1.54, 1.807) is 0 Å². The van der Waals surface area contributed by atoms with E-state index in [0.29, 0.717) is 0 Å². The molecule has 2 nitrogen and oxygen atoms in total. The van der Waals surface area contributed by atoms with Gasteiger partial charge in [0.15, 0.2) is 0 Å². The first-order valence-corrected chi connectivity index (χ1v) is 18.5. The topological polar surface area (TPSA) is 26.3 Å². The molecule has 0 unspecified atom stereocenters. The fourth-order valence-corrected chi connectivity index (χ4v) is 8.99. The number of para-hydroxylation sites is 2. The largest absolute Gasteiger partial charge is 0.455 e. The summed E-state index contributed by atoms with van der Waals surface area (Å²) in [5.74, 6) is 0. The van der Waals surface area contributed by atoms with Crippen molar-refractivity contribution in [2.24, 2.45) is 0 Å². The van der Waals surface area contributed by atoms with Gasteiger partial charge in [-0.15, -0.1) is 0 Å². The van der Waals surface area contributed by atoms with Crippen LogP contribution < -0.4 is 0 Å². The van der Waals surface area contributed by atoms with Crippen molar-refractivity contribution in [1.82, 2.24) is 0 Å². The van der Waals surface area contributed by atoms with E-state index >= 15 is 0 Å². The second-order valence-electron chi connectivity index (χ2n) is 14.3. The molecule has 10 aromatic carbocycles. The molecule has 0 saturated heterocycles. The first-order chi connectivity index (χ1) is 26.8. The van der Waals surface area contributed by atoms with Gasteiger partial charge in [-0.3, -0.25) is 0 Å². The maximum absolute atomic E-state index is 6.96. The molecule has 0 bridgehead atoms. The van der Waals surface area contributed by atoms with Crippen molar-refractivity contribution in [3.05, 3.63) is 182 Å². The fraction of sp³-hybridized carbons (Fsp3) is 0. The summed E-state index contributed by atoms with van der Waals surface area (Å²) in [6.07, 6.45) is 0. The molecule has 0 N–H and O–H groups in total. The highest BCUT2D eigenvalue weighted by Gasteiger charge is 2.23. The highest BCUT2D eigenvalue weighted by Crippen LogP contribution is 2.48. The lowest BCUT2D eigenvalue weighted by Crippen LogP contribution is -1.90. The summed E-state index contributed by atoms with van der Waals surface area (Å²) in [4.78, 5) is 0. The van der Waals surface area contributed by atoms with E-state index in [-0.39, 0.29) is 0 Å². The number of hydrogen-bond acceptors (Lipinski definition) is 2. The summed E-state index contributed by atoms with van der Waals surface area (Å²) in [6, 6.07) is 65.5. The summed E-state index contributed by atoms with van der Waals surface area (Å²) in [5, 5.41) is 12.0. The van der Waals surface area contributed by atoms with Gasteiger partial charge in [-0.25, -0.2) is 0 Å². The Morgan fingerprint density at radius 1 is 0.259 bits per heavy atom. The second-order valence-corrected chi connectivity index (χ2v) is 14.3. The molecular formula is C52H30O2. The number of benzene rings is 10. The van der Waals surface area contributed by atoms with E-state index in [2.05, 4.69) is 170 Å². The Bertz CT molecular complexity index is 3420. The zero-order valence-corrected chi connectivity index (χ0v) is 29.1. The van der Waals surface area contributed by atoms with Crippen LogP contribution in [0.15, 0.2) is 191 Å². The van der Waals surface area contributed by atoms with Crippen molar-refractivity contribution in [2.75, 3.05) is 0 Å². The normalized spacial score (nSPS) is 12.1. The van der Waals surface area contributed by atoms with Crippen LogP contribution in [0.5, 0.6) is 0 Å². The zero-order chi connectivity index (χ0) is 35.3. The molecule has 0 atom stereocenters. The van der Waals surface area contributed by atoms with Gasteiger partial charge in [0, 0.05) is 32.7 Å². The van der Waals surface area contributed by atoms with Crippen LogP contribution in [0, 0.1) is 0 Å². The van der Waals surface area contributed by atoms with Crippen molar-refractivity contribution in [1.29, 1.82) is 0 Å². The van der Waals surface area contributed by atoms with E-state index in [1.807, 2.05) is 12.1 Å². The average molecular weight is 687 g/mol. The SMILES string of the molecule is c1ccc(-c2ccc3oc4c(-c5cccc6c5oc5ccccc56)ccc(-c5ccc6ccc7c(-c8ccccc8)ccc8ccc5c6c87)c4c3c2)cc1. The van der Waals surface area contributed by atoms with Gasteiger partial charge in [-0.05, 0) is 90.0 Å². The highest BCUT2D eigenvalue weighted by atomic mass is 16.3. The minimum Gasteiger partial charge on any atom is -0.455 e. The molecule has 0 aliphatic heterocycles. The molecule has 0 fully saturated rings. The second kappa shape index (κ2) is 11.2. The van der Waals surface area contributed by atoms with Crippen LogP contribution in [0.25, 0.3) is 121 Å². The molecular weight excluding hydrogens is 657 g/mol. The Morgan fingerprint density at radius 3 is 1.63 bits per heavy atom. The molecule has 12 rings (SSSR count). The van der Waals surface area contributed by atoms with Gasteiger partial charge in [0.1, 0.15) is 22.3 Å². The quantitative estimate of drug-likeness (QED) is 0.172. The number of fused-ring (bicyclic) bond motifs is 6. The van der Waals surface area contributed by atoms with Gasteiger partial charge in [-0.1, -0.05) is 158 Å². The van der Waals surface area contributed by atoms with Gasteiger partial charge in [-0.2, -0.15) is 0 Å². The predicted octanol–water partition coefficient (Wildman–Crippen LogP) is 15.1. The molecule has 2 aromatic heterocycles. The molecule has 54 heavy (non-hydrogen) atoms. The van der Waals surface area contributed by atoms with Crippen LogP contribution in [-0.4, -0.2) is 0 Å². The van der Waals surface area contributed by atoms with Crippen molar-refractivity contribution < 1.29 is 8.83 Å². The Balaban J connectivity index is 1.17. The van der Waals surface area contributed by atoms with Crippen LogP contribution >= 0.6 is 0 Å². The molecule has 0 aliphatic carbocycles. The fourth-order valence-electron chi connectivity index (χ4n) is 8.99. The lowest BCUT2D eigenvalue weighted by Gasteiger charge is -2.17. The standard InChI is InChI=1S/C52H30O2/c1-3-10-31(11-4-1)35-22-29-47-45(30-35)50-41(27-28-44(52(50)54-47)43-16-9-15-42-38-14-7-8-17-46(38)53-51(42)43)37-24-19-34-20-25-39-36(32-12-5-2-6-13-32)23-18-33-21-26-40(37)49(34)48(33)39/h1-30H. The van der Waals surface area contributed by atoms with Crippen molar-refractivity contribution in [3.8, 4) is 44.5 Å². The van der Waals surface area contributed by atoms with Crippen LogP contribution in [-0.2, 0) is 0 Å². The Kier molecular flexibility index (Phi) is 6.09. The van der Waals surface area contributed by atoms with Gasteiger partial charge in [0.05, 0.1) is 0 Å². The van der Waals surface area contributed by atoms with E-state index in [9.17, 15) is 0 Å². The van der Waals surface area contributed by atoms with Crippen molar-refractivity contribution in [2.45, 2.75) is 0 Å². The smallest absolute Gasteiger partial charge is 0.144 e. The number of hydrogen-bond donors (Lipinski definition) is 0. The van der Waals surface area contributed by atoms with Crippen LogP contribution in [0.1, 0.15) is 0 Å². The van der Waals surface area contributed by atoms with E-state index < -0.39 is 0 Å². The van der Waals surface area contributed by atoms with Gasteiger partial charge in [0.25, 0.3) is 0 Å². The van der Waals surface area contributed by atoms with Gasteiger partial charge in [0.2, 0.25) is 0 Å². The molecule has 0 radical (unpaired) electrons. The third-order valence-corrected chi connectivity index (χ3v) is 11.5. The number of rotatable bonds is 4. The molecule has 0 spiro atoms. The molecule has 0 aliphatic rings. The lowest BCUT2D eigenvalue weighted by atomic mass is 9.86. The first-order valence-electron chi connectivity index (χ1n) is 18.5. The third-order valence-electron chi connectivity index (χ3n) is 11.5. The maximum Gasteiger partial charge on any atom is 0.144 e. The number of furan rings is 2. The zero-order valence-electron chi connectivity index (χ0n) is 29.1. The highest BCUT2D eigenvalue weighted by molar-refractivity contribution is 6.29. The van der Waals surface area contributed by atoms with Crippen LogP contribution in [0.3, 0.4) is 0 Å². The minimum absolute atomic E-state index is 0.859. The Labute approximate surface area is 310 Å². The van der Waals surface area contributed by atoms with Gasteiger partial charge >= 0.3 is 0 Å². The molecule has 250 valence electrons. The summed E-state index contributed by atoms with van der Waals surface area (Å²) in [7, 11) is 0. The van der Waals surface area contributed by atoms with Crippen LogP contribution in [0.2, 0.25) is 0 Å². The average Bonchev–Trinajstić information content (AvgIpc) is 3.82. The van der Waals surface area contributed by atoms with Crippen molar-refractivity contribution in [3.63, 3.8) is 0 Å². The van der Waals surface area contributed by atoms with Crippen LogP contribution in [0.4, 0.5) is 0 Å². The predicted molar refractivity (Wildman–Crippen MR) is 226 cm³/mol. The molecule has 2 heterocycles. The first kappa shape index (κ1) is 29.4. The van der Waals surface area contributed by atoms with E-state index in [1.165, 1.54) is 54.6 Å². The monoisotopic (exact) mass is 686 g/mol. The third kappa shape index (κ3) is 4.17. The minimum atomic E-state index is 0.859. The lowest BCUT2D eigenvalue weighted by molar-refractivity contribution is 0.665. The molecule has 0 saturated carbocycles. The summed E-state index contributed by atoms with van der Waals surface area (Å²) < 4.78 is 13.5. The Morgan fingerprint density at radius 2 is 0.833 bits per heavy atom. The maximum atomic E-state index is 6.96. The molecule has 12 aromatic rings. The summed E-state index contributed by atoms with van der Waals surface area (Å²) in [5.41, 5.74) is 12.7. The van der Waals surface area contributed by atoms with Crippen molar-refractivity contribution >= 4 is 76.2 Å². The van der Waals surface area contributed by atoms with E-state index in [4.69, 9.17) is 8.83 Å².